The molecule has 2 unspecified atom stereocenters. The third-order valence-corrected chi connectivity index (χ3v) is 4.24. The van der Waals surface area contributed by atoms with Gasteiger partial charge in [0.2, 0.25) is 0 Å². The summed E-state index contributed by atoms with van der Waals surface area (Å²) in [5.74, 6) is 0.181. The van der Waals surface area contributed by atoms with Crippen molar-refractivity contribution >= 4 is 11.8 Å². The predicted molar refractivity (Wildman–Crippen MR) is 58.2 cm³/mol. The first-order chi connectivity index (χ1) is 7.31. The van der Waals surface area contributed by atoms with Gasteiger partial charge in [0.25, 0.3) is 0 Å². The molecule has 1 heterocycles. The maximum absolute atomic E-state index is 9.05. The summed E-state index contributed by atoms with van der Waals surface area (Å²) in [6.07, 6.45) is 6.14. The molecular formula is C10H14N4S. The highest BCUT2D eigenvalue weighted by molar-refractivity contribution is 7.99. The van der Waals surface area contributed by atoms with Crippen LogP contribution in [-0.4, -0.2) is 20.0 Å². The summed E-state index contributed by atoms with van der Waals surface area (Å²) in [6.45, 7) is 0. The molecule has 0 radical (unpaired) electrons. The molecule has 2 atom stereocenters. The third-order valence-electron chi connectivity index (χ3n) is 2.80. The molecule has 0 amide bonds. The summed E-state index contributed by atoms with van der Waals surface area (Å²) in [5.41, 5.74) is 0. The lowest BCUT2D eigenvalue weighted by atomic mass is 9.90. The second kappa shape index (κ2) is 4.67. The highest BCUT2D eigenvalue weighted by Crippen LogP contribution is 2.35. The van der Waals surface area contributed by atoms with Crippen LogP contribution in [0, 0.1) is 17.2 Å². The van der Waals surface area contributed by atoms with E-state index in [1.165, 1.54) is 12.8 Å². The van der Waals surface area contributed by atoms with Crippen LogP contribution in [0.3, 0.4) is 0 Å². The Labute approximate surface area is 93.7 Å². The molecular weight excluding hydrogens is 208 g/mol. The van der Waals surface area contributed by atoms with Gasteiger partial charge in [-0.15, -0.1) is 0 Å². The first-order valence-electron chi connectivity index (χ1n) is 5.21. The van der Waals surface area contributed by atoms with Crippen LogP contribution in [0.4, 0.5) is 0 Å². The van der Waals surface area contributed by atoms with Gasteiger partial charge in [-0.1, -0.05) is 24.6 Å². The van der Waals surface area contributed by atoms with E-state index in [0.717, 1.165) is 18.0 Å². The van der Waals surface area contributed by atoms with Crippen molar-refractivity contribution in [2.75, 3.05) is 0 Å². The molecule has 1 fully saturated rings. The van der Waals surface area contributed by atoms with Crippen LogP contribution in [0.5, 0.6) is 0 Å². The lowest BCUT2D eigenvalue weighted by Crippen LogP contribution is -2.20. The molecule has 1 aromatic heterocycles. The normalized spacial score (nSPS) is 26.1. The molecule has 5 heteroatoms. The number of nitrogens with zero attached hydrogens (tertiary/aromatic N) is 4. The van der Waals surface area contributed by atoms with Crippen LogP contribution >= 0.6 is 11.8 Å². The standard InChI is InChI=1S/C10H14N4S/c1-14-10(12-7-13-14)15-9-5-3-2-4-8(9)6-11/h7-9H,2-5H2,1H3. The largest absolute Gasteiger partial charge is 0.244 e. The van der Waals surface area contributed by atoms with Crippen molar-refractivity contribution in [2.24, 2.45) is 13.0 Å². The van der Waals surface area contributed by atoms with Gasteiger partial charge >= 0.3 is 0 Å². The van der Waals surface area contributed by atoms with E-state index < -0.39 is 0 Å². The van der Waals surface area contributed by atoms with E-state index in [2.05, 4.69) is 16.2 Å². The van der Waals surface area contributed by atoms with Gasteiger partial charge in [0.1, 0.15) is 6.33 Å². The molecule has 0 aliphatic heterocycles. The third kappa shape index (κ3) is 2.32. The molecule has 0 saturated heterocycles. The fourth-order valence-corrected chi connectivity index (χ4v) is 3.14. The zero-order chi connectivity index (χ0) is 10.7. The van der Waals surface area contributed by atoms with Crippen molar-refractivity contribution in [2.45, 2.75) is 36.1 Å². The Morgan fingerprint density at radius 3 is 3.00 bits per heavy atom. The van der Waals surface area contributed by atoms with E-state index in [0.29, 0.717) is 5.25 Å². The molecule has 4 nitrogen and oxygen atoms in total. The molecule has 0 N–H and O–H groups in total. The Morgan fingerprint density at radius 1 is 1.53 bits per heavy atom. The van der Waals surface area contributed by atoms with Gasteiger partial charge in [-0.05, 0) is 12.8 Å². The van der Waals surface area contributed by atoms with E-state index >= 15 is 0 Å². The summed E-state index contributed by atoms with van der Waals surface area (Å²) in [7, 11) is 1.89. The van der Waals surface area contributed by atoms with Gasteiger partial charge in [0, 0.05) is 12.3 Å². The van der Waals surface area contributed by atoms with Crippen LogP contribution in [-0.2, 0) is 7.05 Å². The average Bonchev–Trinajstić information content (AvgIpc) is 2.65. The maximum Gasteiger partial charge on any atom is 0.186 e. The summed E-state index contributed by atoms with van der Waals surface area (Å²) < 4.78 is 1.77. The zero-order valence-corrected chi connectivity index (χ0v) is 9.57. The highest BCUT2D eigenvalue weighted by Gasteiger charge is 2.26. The van der Waals surface area contributed by atoms with Crippen LogP contribution in [0.2, 0.25) is 0 Å². The molecule has 0 bridgehead atoms. The first kappa shape index (κ1) is 10.5. The fourth-order valence-electron chi connectivity index (χ4n) is 1.91. The number of rotatable bonds is 2. The van der Waals surface area contributed by atoms with E-state index in [-0.39, 0.29) is 5.92 Å². The fraction of sp³-hybridized carbons (Fsp3) is 0.700. The SMILES string of the molecule is Cn1ncnc1SC1CCCCC1C#N. The molecule has 1 saturated carbocycles. The molecule has 0 aromatic carbocycles. The second-order valence-corrected chi connectivity index (χ2v) is 5.05. The Kier molecular flexibility index (Phi) is 3.27. The van der Waals surface area contributed by atoms with Crippen molar-refractivity contribution < 1.29 is 0 Å². The topological polar surface area (TPSA) is 54.5 Å². The average molecular weight is 222 g/mol. The van der Waals surface area contributed by atoms with Crippen molar-refractivity contribution in [3.63, 3.8) is 0 Å². The first-order valence-corrected chi connectivity index (χ1v) is 6.09. The van der Waals surface area contributed by atoms with Gasteiger partial charge in [-0.25, -0.2) is 9.67 Å². The Balaban J connectivity index is 2.04. The van der Waals surface area contributed by atoms with E-state index in [1.807, 2.05) is 7.05 Å². The molecule has 15 heavy (non-hydrogen) atoms. The summed E-state index contributed by atoms with van der Waals surface area (Å²) in [4.78, 5) is 4.18. The minimum atomic E-state index is 0.181. The number of nitriles is 1. The molecule has 2 rings (SSSR count). The maximum atomic E-state index is 9.05. The minimum Gasteiger partial charge on any atom is -0.244 e. The number of aromatic nitrogens is 3. The second-order valence-electron chi connectivity index (χ2n) is 3.84. The van der Waals surface area contributed by atoms with Crippen molar-refractivity contribution in [1.29, 1.82) is 5.26 Å². The van der Waals surface area contributed by atoms with Crippen molar-refractivity contribution in [1.82, 2.24) is 14.8 Å². The minimum absolute atomic E-state index is 0.181. The molecule has 1 aliphatic rings. The Bertz CT molecular complexity index is 368. The number of hydrogen-bond donors (Lipinski definition) is 0. The van der Waals surface area contributed by atoms with Crippen molar-refractivity contribution in [3.8, 4) is 6.07 Å². The Morgan fingerprint density at radius 2 is 2.33 bits per heavy atom. The summed E-state index contributed by atoms with van der Waals surface area (Å²) in [6, 6.07) is 2.41. The Hall–Kier alpha value is -1.02. The van der Waals surface area contributed by atoms with Crippen LogP contribution in [0.15, 0.2) is 11.5 Å². The predicted octanol–water partition coefficient (Wildman–Crippen LogP) is 1.99. The quantitative estimate of drug-likeness (QED) is 0.768. The van der Waals surface area contributed by atoms with Gasteiger partial charge in [-0.2, -0.15) is 10.4 Å². The number of aryl methyl sites for hydroxylation is 1. The van der Waals surface area contributed by atoms with Gasteiger partial charge in [0.15, 0.2) is 5.16 Å². The van der Waals surface area contributed by atoms with Crippen LogP contribution < -0.4 is 0 Å². The van der Waals surface area contributed by atoms with Gasteiger partial charge in [0.05, 0.1) is 12.0 Å². The molecule has 80 valence electrons. The van der Waals surface area contributed by atoms with Crippen LogP contribution in [0.25, 0.3) is 0 Å². The van der Waals surface area contributed by atoms with E-state index in [9.17, 15) is 0 Å². The molecule has 0 spiro atoms. The number of hydrogen-bond acceptors (Lipinski definition) is 4. The smallest absolute Gasteiger partial charge is 0.186 e. The summed E-state index contributed by atoms with van der Waals surface area (Å²) in [5, 5.41) is 14.4. The zero-order valence-electron chi connectivity index (χ0n) is 8.76. The number of thioether (sulfide) groups is 1. The van der Waals surface area contributed by atoms with Crippen LogP contribution in [0.1, 0.15) is 25.7 Å². The lowest BCUT2D eigenvalue weighted by molar-refractivity contribution is 0.438. The molecule has 1 aliphatic carbocycles. The van der Waals surface area contributed by atoms with Gasteiger partial charge < -0.3 is 0 Å². The summed E-state index contributed by atoms with van der Waals surface area (Å²) >= 11 is 1.70. The molecule has 1 aromatic rings. The van der Waals surface area contributed by atoms with E-state index in [4.69, 9.17) is 5.26 Å². The highest BCUT2D eigenvalue weighted by atomic mass is 32.2. The van der Waals surface area contributed by atoms with Crippen molar-refractivity contribution in [3.05, 3.63) is 6.33 Å². The monoisotopic (exact) mass is 222 g/mol. The van der Waals surface area contributed by atoms with Gasteiger partial charge in [-0.3, -0.25) is 0 Å². The lowest BCUT2D eigenvalue weighted by Gasteiger charge is -2.25. The van der Waals surface area contributed by atoms with E-state index in [1.54, 1.807) is 22.8 Å².